The van der Waals surface area contributed by atoms with E-state index in [1.54, 1.807) is 21.9 Å². The van der Waals surface area contributed by atoms with Crippen molar-refractivity contribution in [3.8, 4) is 0 Å². The first kappa shape index (κ1) is 30.9. The molecule has 0 atom stereocenters. The summed E-state index contributed by atoms with van der Waals surface area (Å²) in [6, 6.07) is 10.4. The van der Waals surface area contributed by atoms with Crippen molar-refractivity contribution >= 4 is 35.0 Å². The third-order valence-corrected chi connectivity index (χ3v) is 8.25. The number of hydrogen-bond donors (Lipinski definition) is 0. The standard InChI is InChI=1S/C28H32F6N4O2S/c29-27(30,31)21-3-1-5-23(19-21)35-9-13-37(14-10-35)25(39)7-17-41-18-8-26(40)38-15-11-36(12-16-38)24-6-2-4-22(20-24)28(32,33)34/h1-6,19-20H,7-18H2. The van der Waals surface area contributed by atoms with E-state index < -0.39 is 23.5 Å². The van der Waals surface area contributed by atoms with E-state index in [1.807, 2.05) is 9.80 Å². The number of halogens is 6. The van der Waals surface area contributed by atoms with Gasteiger partial charge in [0.1, 0.15) is 0 Å². The fourth-order valence-corrected chi connectivity index (χ4v) is 5.77. The number of thioether (sulfide) groups is 1. The zero-order valence-corrected chi connectivity index (χ0v) is 23.2. The Hall–Kier alpha value is -3.09. The number of carbonyl (C=O) groups excluding carboxylic acids is 2. The molecule has 2 aliphatic rings. The predicted octanol–water partition coefficient (Wildman–Crippen LogP) is 5.24. The summed E-state index contributed by atoms with van der Waals surface area (Å²) < 4.78 is 78.0. The molecule has 13 heteroatoms. The Morgan fingerprint density at radius 3 is 1.32 bits per heavy atom. The fourth-order valence-electron chi connectivity index (χ4n) is 4.92. The molecule has 2 saturated heterocycles. The van der Waals surface area contributed by atoms with Crippen LogP contribution in [0, 0.1) is 0 Å². The molecule has 0 saturated carbocycles. The molecule has 2 aromatic carbocycles. The highest BCUT2D eigenvalue weighted by molar-refractivity contribution is 7.99. The van der Waals surface area contributed by atoms with Gasteiger partial charge in [-0.25, -0.2) is 0 Å². The Balaban J connectivity index is 1.11. The van der Waals surface area contributed by atoms with Gasteiger partial charge in [-0.3, -0.25) is 9.59 Å². The molecule has 2 aromatic rings. The number of alkyl halides is 6. The second kappa shape index (κ2) is 13.3. The van der Waals surface area contributed by atoms with E-state index in [2.05, 4.69) is 0 Å². The van der Waals surface area contributed by atoms with E-state index in [0.717, 1.165) is 24.3 Å². The van der Waals surface area contributed by atoms with Crippen molar-refractivity contribution in [3.63, 3.8) is 0 Å². The van der Waals surface area contributed by atoms with Crippen molar-refractivity contribution in [2.75, 3.05) is 73.7 Å². The Morgan fingerprint density at radius 1 is 0.610 bits per heavy atom. The quantitative estimate of drug-likeness (QED) is 0.306. The summed E-state index contributed by atoms with van der Waals surface area (Å²) in [6.45, 7) is 3.56. The molecule has 0 N–H and O–H groups in total. The lowest BCUT2D eigenvalue weighted by Gasteiger charge is -2.36. The maximum atomic E-state index is 13.0. The van der Waals surface area contributed by atoms with Gasteiger partial charge in [0.05, 0.1) is 11.1 Å². The lowest BCUT2D eigenvalue weighted by molar-refractivity contribution is -0.138. The summed E-state index contributed by atoms with van der Waals surface area (Å²) in [7, 11) is 0. The maximum absolute atomic E-state index is 13.0. The molecule has 6 nitrogen and oxygen atoms in total. The Morgan fingerprint density at radius 2 is 0.976 bits per heavy atom. The minimum atomic E-state index is -4.40. The van der Waals surface area contributed by atoms with Crippen molar-refractivity contribution in [3.05, 3.63) is 59.7 Å². The van der Waals surface area contributed by atoms with Crippen molar-refractivity contribution < 1.29 is 35.9 Å². The smallest absolute Gasteiger partial charge is 0.368 e. The van der Waals surface area contributed by atoms with E-state index in [4.69, 9.17) is 0 Å². The van der Waals surface area contributed by atoms with E-state index in [0.29, 0.717) is 88.1 Å². The van der Waals surface area contributed by atoms with Gasteiger partial charge in [0.15, 0.2) is 0 Å². The van der Waals surface area contributed by atoms with E-state index >= 15 is 0 Å². The number of nitrogens with zero attached hydrogens (tertiary/aromatic N) is 4. The molecule has 2 aliphatic heterocycles. The van der Waals surface area contributed by atoms with Crippen LogP contribution in [-0.2, 0) is 21.9 Å². The third kappa shape index (κ3) is 8.46. The Bertz CT molecular complexity index is 1100. The maximum Gasteiger partial charge on any atom is 0.416 e. The molecule has 2 heterocycles. The zero-order valence-electron chi connectivity index (χ0n) is 22.4. The molecule has 0 aromatic heterocycles. The van der Waals surface area contributed by atoms with Gasteiger partial charge in [-0.2, -0.15) is 38.1 Å². The number of carbonyl (C=O) groups is 2. The Labute approximate surface area is 239 Å². The van der Waals surface area contributed by atoms with Crippen LogP contribution >= 0.6 is 11.8 Å². The highest BCUT2D eigenvalue weighted by atomic mass is 32.2. The van der Waals surface area contributed by atoms with Crippen LogP contribution in [-0.4, -0.2) is 85.5 Å². The number of amides is 2. The molecule has 224 valence electrons. The summed E-state index contributed by atoms with van der Waals surface area (Å²) in [6.07, 6.45) is -8.17. The van der Waals surface area contributed by atoms with Crippen LogP contribution in [0.15, 0.2) is 48.5 Å². The number of benzene rings is 2. The van der Waals surface area contributed by atoms with Crippen LogP contribution in [0.5, 0.6) is 0 Å². The summed E-state index contributed by atoms with van der Waals surface area (Å²) in [4.78, 5) is 32.3. The summed E-state index contributed by atoms with van der Waals surface area (Å²) in [5.41, 5.74) is -0.406. The minimum absolute atomic E-state index is 0.0155. The minimum Gasteiger partial charge on any atom is -0.368 e. The van der Waals surface area contributed by atoms with Crippen LogP contribution in [0.1, 0.15) is 24.0 Å². The van der Waals surface area contributed by atoms with E-state index in [9.17, 15) is 35.9 Å². The SMILES string of the molecule is O=C(CCSCCC(=O)N1CCN(c2cccc(C(F)(F)F)c2)CC1)N1CCN(c2cccc(C(F)(F)F)c2)CC1. The molecule has 0 radical (unpaired) electrons. The van der Waals surface area contributed by atoms with Gasteiger partial charge in [-0.15, -0.1) is 0 Å². The molecular formula is C28H32F6N4O2S. The second-order valence-electron chi connectivity index (χ2n) is 9.94. The van der Waals surface area contributed by atoms with Gasteiger partial charge in [-0.1, -0.05) is 12.1 Å². The summed E-state index contributed by atoms with van der Waals surface area (Å²) >= 11 is 1.51. The lowest BCUT2D eigenvalue weighted by atomic mass is 10.1. The average molecular weight is 603 g/mol. The van der Waals surface area contributed by atoms with Crippen molar-refractivity contribution in [1.29, 1.82) is 0 Å². The first-order chi connectivity index (χ1) is 19.4. The fraction of sp³-hybridized carbons (Fsp3) is 0.500. The molecule has 2 amide bonds. The molecule has 41 heavy (non-hydrogen) atoms. The number of anilines is 2. The monoisotopic (exact) mass is 602 g/mol. The van der Waals surface area contributed by atoms with Gasteiger partial charge in [-0.05, 0) is 36.4 Å². The van der Waals surface area contributed by atoms with Crippen LogP contribution in [0.3, 0.4) is 0 Å². The average Bonchev–Trinajstić information content (AvgIpc) is 2.96. The molecule has 0 unspecified atom stereocenters. The first-order valence-electron chi connectivity index (χ1n) is 13.4. The number of piperazine rings is 2. The lowest BCUT2D eigenvalue weighted by Crippen LogP contribution is -2.49. The van der Waals surface area contributed by atoms with Crippen molar-refractivity contribution in [2.45, 2.75) is 25.2 Å². The van der Waals surface area contributed by atoms with E-state index in [1.165, 1.54) is 23.9 Å². The van der Waals surface area contributed by atoms with Gasteiger partial charge < -0.3 is 19.6 Å². The van der Waals surface area contributed by atoms with Crippen LogP contribution in [0.2, 0.25) is 0 Å². The first-order valence-corrected chi connectivity index (χ1v) is 14.5. The largest absolute Gasteiger partial charge is 0.416 e. The van der Waals surface area contributed by atoms with Gasteiger partial charge in [0.25, 0.3) is 0 Å². The second-order valence-corrected chi connectivity index (χ2v) is 11.2. The van der Waals surface area contributed by atoms with Crippen LogP contribution in [0.25, 0.3) is 0 Å². The van der Waals surface area contributed by atoms with Gasteiger partial charge in [0.2, 0.25) is 11.8 Å². The highest BCUT2D eigenvalue weighted by Gasteiger charge is 2.32. The number of rotatable bonds is 8. The Kier molecular flexibility index (Phi) is 9.98. The molecule has 2 fully saturated rings. The zero-order chi connectivity index (χ0) is 29.6. The predicted molar refractivity (Wildman–Crippen MR) is 147 cm³/mol. The topological polar surface area (TPSA) is 47.1 Å². The number of hydrogen-bond acceptors (Lipinski definition) is 5. The molecule has 0 spiro atoms. The summed E-state index contributed by atoms with van der Waals surface area (Å²) in [5.74, 6) is 1.09. The molecule has 0 bridgehead atoms. The van der Waals surface area contributed by atoms with Crippen LogP contribution in [0.4, 0.5) is 37.7 Å². The highest BCUT2D eigenvalue weighted by Crippen LogP contribution is 2.33. The third-order valence-electron chi connectivity index (χ3n) is 7.26. The summed E-state index contributed by atoms with van der Waals surface area (Å²) in [5, 5.41) is 0. The van der Waals surface area contributed by atoms with Crippen LogP contribution < -0.4 is 9.80 Å². The van der Waals surface area contributed by atoms with Crippen molar-refractivity contribution in [2.24, 2.45) is 0 Å². The normalized spacial score (nSPS) is 16.7. The van der Waals surface area contributed by atoms with E-state index in [-0.39, 0.29) is 11.8 Å². The van der Waals surface area contributed by atoms with Gasteiger partial charge >= 0.3 is 12.4 Å². The molecule has 0 aliphatic carbocycles. The molecule has 4 rings (SSSR count). The van der Waals surface area contributed by atoms with Crippen molar-refractivity contribution in [1.82, 2.24) is 9.80 Å². The molecular weight excluding hydrogens is 570 g/mol. The van der Waals surface area contributed by atoms with Gasteiger partial charge in [0, 0.05) is 88.1 Å².